The Kier molecular flexibility index (Phi) is 4.80. The molecule has 134 valence electrons. The summed E-state index contributed by atoms with van der Waals surface area (Å²) in [6.07, 6.45) is -2.31. The van der Waals surface area contributed by atoms with E-state index in [9.17, 15) is 27.6 Å². The molecule has 2 aliphatic rings. The highest BCUT2D eigenvalue weighted by molar-refractivity contribution is 6.51. The molecule has 1 atom stereocenters. The summed E-state index contributed by atoms with van der Waals surface area (Å²) >= 11 is 0. The van der Waals surface area contributed by atoms with Crippen molar-refractivity contribution in [3.8, 4) is 0 Å². The summed E-state index contributed by atoms with van der Waals surface area (Å²) in [6, 6.07) is 6.28. The maximum atomic E-state index is 12.7. The number of alkyl halides is 3. The van der Waals surface area contributed by atoms with E-state index in [0.717, 1.165) is 0 Å². The second-order valence-corrected chi connectivity index (χ2v) is 6.99. The number of hydrogen-bond donors (Lipinski definition) is 0. The van der Waals surface area contributed by atoms with Crippen molar-refractivity contribution in [1.29, 1.82) is 0 Å². The van der Waals surface area contributed by atoms with Crippen LogP contribution in [0.4, 0.5) is 13.2 Å². The third-order valence-electron chi connectivity index (χ3n) is 5.47. The molecule has 1 aromatic carbocycles. The van der Waals surface area contributed by atoms with Crippen LogP contribution in [0.2, 0.25) is 0 Å². The molecule has 6 heteroatoms. The molecule has 0 aliphatic heterocycles. The first-order chi connectivity index (χ1) is 11.8. The fourth-order valence-corrected chi connectivity index (χ4v) is 3.94. The molecule has 1 unspecified atom stereocenters. The molecule has 0 spiro atoms. The van der Waals surface area contributed by atoms with E-state index in [1.54, 1.807) is 18.2 Å². The number of halogens is 3. The third-order valence-corrected chi connectivity index (χ3v) is 5.47. The number of ketones is 3. The molecule has 0 aromatic heterocycles. The van der Waals surface area contributed by atoms with Crippen molar-refractivity contribution in [2.24, 2.45) is 17.8 Å². The molecule has 3 rings (SSSR count). The number of benzene rings is 1. The summed E-state index contributed by atoms with van der Waals surface area (Å²) in [5, 5.41) is 0. The van der Waals surface area contributed by atoms with Crippen LogP contribution in [0.1, 0.15) is 59.2 Å². The lowest BCUT2D eigenvalue weighted by atomic mass is 9.75. The summed E-state index contributed by atoms with van der Waals surface area (Å²) in [6.45, 7) is 0. The van der Waals surface area contributed by atoms with Gasteiger partial charge in [0.25, 0.3) is 0 Å². The van der Waals surface area contributed by atoms with Gasteiger partial charge in [-0.25, -0.2) is 0 Å². The molecule has 0 heterocycles. The Morgan fingerprint density at radius 2 is 1.44 bits per heavy atom. The van der Waals surface area contributed by atoms with Crippen molar-refractivity contribution >= 4 is 17.3 Å². The molecule has 3 nitrogen and oxygen atoms in total. The minimum Gasteiger partial charge on any atom is -0.293 e. The van der Waals surface area contributed by atoms with Crippen molar-refractivity contribution in [3.63, 3.8) is 0 Å². The van der Waals surface area contributed by atoms with E-state index in [4.69, 9.17) is 0 Å². The Hall–Kier alpha value is -1.98. The van der Waals surface area contributed by atoms with Gasteiger partial charge in [-0.15, -0.1) is 0 Å². The standard InChI is InChI=1S/C19H19F3O3/c20-19(21,22)12-8-5-11(6-9-12)7-10-15-16(23)13-3-1-2-4-14(13)17(24)18(15)25/h1-4,11-12,15H,5-10H2. The molecule has 1 saturated carbocycles. The van der Waals surface area contributed by atoms with Crippen molar-refractivity contribution in [1.82, 2.24) is 0 Å². The van der Waals surface area contributed by atoms with E-state index in [1.807, 2.05) is 0 Å². The lowest BCUT2D eigenvalue weighted by molar-refractivity contribution is -0.184. The molecule has 0 bridgehead atoms. The van der Waals surface area contributed by atoms with Crippen LogP contribution in [0.25, 0.3) is 0 Å². The van der Waals surface area contributed by atoms with E-state index < -0.39 is 29.6 Å². The molecule has 25 heavy (non-hydrogen) atoms. The highest BCUT2D eigenvalue weighted by Gasteiger charge is 2.43. The average Bonchev–Trinajstić information content (AvgIpc) is 2.59. The van der Waals surface area contributed by atoms with Crippen molar-refractivity contribution < 1.29 is 27.6 Å². The zero-order valence-electron chi connectivity index (χ0n) is 13.6. The molecule has 1 aromatic rings. The third kappa shape index (κ3) is 3.53. The van der Waals surface area contributed by atoms with Crippen molar-refractivity contribution in [3.05, 3.63) is 35.4 Å². The predicted molar refractivity (Wildman–Crippen MR) is 84.3 cm³/mol. The maximum absolute atomic E-state index is 12.7. The second kappa shape index (κ2) is 6.73. The molecular weight excluding hydrogens is 333 g/mol. The Balaban J connectivity index is 1.62. The molecule has 0 N–H and O–H groups in total. The number of hydrogen-bond acceptors (Lipinski definition) is 3. The summed E-state index contributed by atoms with van der Waals surface area (Å²) in [7, 11) is 0. The average molecular weight is 352 g/mol. The molecular formula is C19H19F3O3. The van der Waals surface area contributed by atoms with Gasteiger partial charge in [-0.3, -0.25) is 14.4 Å². The molecule has 2 aliphatic carbocycles. The van der Waals surface area contributed by atoms with Crippen molar-refractivity contribution in [2.45, 2.75) is 44.7 Å². The van der Waals surface area contributed by atoms with Crippen LogP contribution < -0.4 is 0 Å². The zero-order chi connectivity index (χ0) is 18.2. The number of rotatable bonds is 3. The summed E-state index contributed by atoms with van der Waals surface area (Å²) < 4.78 is 38.1. The number of Topliss-reactive ketones (excluding diaryl/α,β-unsaturated/α-hetero) is 3. The first-order valence-corrected chi connectivity index (χ1v) is 8.57. The van der Waals surface area contributed by atoms with Crippen LogP contribution in [0, 0.1) is 17.8 Å². The van der Waals surface area contributed by atoms with Gasteiger partial charge in [0.2, 0.25) is 11.6 Å². The van der Waals surface area contributed by atoms with Crippen molar-refractivity contribution in [2.75, 3.05) is 0 Å². The fraction of sp³-hybridized carbons (Fsp3) is 0.526. The van der Waals surface area contributed by atoms with Gasteiger partial charge in [0.1, 0.15) is 0 Å². The van der Waals surface area contributed by atoms with E-state index in [-0.39, 0.29) is 42.1 Å². The minimum absolute atomic E-state index is 0.0754. The fourth-order valence-electron chi connectivity index (χ4n) is 3.94. The lowest BCUT2D eigenvalue weighted by Gasteiger charge is -2.30. The Morgan fingerprint density at radius 3 is 2.04 bits per heavy atom. The monoisotopic (exact) mass is 352 g/mol. The highest BCUT2D eigenvalue weighted by Crippen LogP contribution is 2.41. The number of carbonyl (C=O) groups is 3. The number of carbonyl (C=O) groups excluding carboxylic acids is 3. The summed E-state index contributed by atoms with van der Waals surface area (Å²) in [4.78, 5) is 36.9. The topological polar surface area (TPSA) is 51.2 Å². The van der Waals surface area contributed by atoms with Gasteiger partial charge in [-0.05, 0) is 44.4 Å². The van der Waals surface area contributed by atoms with Gasteiger partial charge in [0.15, 0.2) is 5.78 Å². The van der Waals surface area contributed by atoms with Gasteiger partial charge < -0.3 is 0 Å². The molecule has 0 amide bonds. The van der Waals surface area contributed by atoms with E-state index in [0.29, 0.717) is 19.3 Å². The van der Waals surface area contributed by atoms with Gasteiger partial charge in [-0.2, -0.15) is 13.2 Å². The van der Waals surface area contributed by atoms with Gasteiger partial charge in [-0.1, -0.05) is 24.3 Å². The van der Waals surface area contributed by atoms with Crippen LogP contribution >= 0.6 is 0 Å². The SMILES string of the molecule is O=C1C(=O)C(CCC2CCC(C(F)(F)F)CC2)C(=O)c2ccccc21. The number of fused-ring (bicyclic) bond motifs is 1. The molecule has 0 saturated heterocycles. The Labute approximate surface area is 143 Å². The van der Waals surface area contributed by atoms with Crippen LogP contribution in [0.5, 0.6) is 0 Å². The van der Waals surface area contributed by atoms with E-state index >= 15 is 0 Å². The molecule has 0 radical (unpaired) electrons. The Bertz CT molecular complexity index is 700. The largest absolute Gasteiger partial charge is 0.391 e. The second-order valence-electron chi connectivity index (χ2n) is 6.99. The normalized spacial score (nSPS) is 27.3. The summed E-state index contributed by atoms with van der Waals surface area (Å²) in [5.74, 6) is -3.82. The maximum Gasteiger partial charge on any atom is 0.391 e. The quantitative estimate of drug-likeness (QED) is 0.598. The van der Waals surface area contributed by atoms with Crippen LogP contribution in [0.15, 0.2) is 24.3 Å². The Morgan fingerprint density at radius 1 is 0.840 bits per heavy atom. The van der Waals surface area contributed by atoms with Crippen LogP contribution in [-0.4, -0.2) is 23.5 Å². The summed E-state index contributed by atoms with van der Waals surface area (Å²) in [5.41, 5.74) is 0.428. The zero-order valence-corrected chi connectivity index (χ0v) is 13.6. The van der Waals surface area contributed by atoms with E-state index in [2.05, 4.69) is 0 Å². The van der Waals surface area contributed by atoms with E-state index in [1.165, 1.54) is 6.07 Å². The van der Waals surface area contributed by atoms with Crippen LogP contribution in [-0.2, 0) is 4.79 Å². The predicted octanol–water partition coefficient (Wildman–Crippen LogP) is 4.40. The lowest BCUT2D eigenvalue weighted by Crippen LogP contribution is -2.37. The van der Waals surface area contributed by atoms with Gasteiger partial charge in [0, 0.05) is 11.1 Å². The smallest absolute Gasteiger partial charge is 0.293 e. The molecule has 1 fully saturated rings. The van der Waals surface area contributed by atoms with Gasteiger partial charge >= 0.3 is 6.18 Å². The highest BCUT2D eigenvalue weighted by atomic mass is 19.4. The van der Waals surface area contributed by atoms with Gasteiger partial charge in [0.05, 0.1) is 11.8 Å². The first kappa shape index (κ1) is 17.8. The first-order valence-electron chi connectivity index (χ1n) is 8.57. The van der Waals surface area contributed by atoms with Crippen LogP contribution in [0.3, 0.4) is 0 Å². The minimum atomic E-state index is -4.14.